The standard InChI is InChI=1S/C19H16BrN3O/c1-13-6-4-7-14(12-13)22-18-15(8-5-11-21-18)19(24)23-17-10-3-2-9-16(17)20/h2-12H,1H3,(H,21,22)(H,23,24). The molecule has 24 heavy (non-hydrogen) atoms. The number of aryl methyl sites for hydroxylation is 1. The highest BCUT2D eigenvalue weighted by molar-refractivity contribution is 9.10. The van der Waals surface area contributed by atoms with E-state index in [1.807, 2.05) is 55.5 Å². The van der Waals surface area contributed by atoms with Gasteiger partial charge in [-0.05, 0) is 64.8 Å². The molecule has 3 aromatic rings. The number of hydrogen-bond donors (Lipinski definition) is 2. The maximum absolute atomic E-state index is 12.6. The summed E-state index contributed by atoms with van der Waals surface area (Å²) < 4.78 is 0.829. The van der Waals surface area contributed by atoms with Gasteiger partial charge in [-0.25, -0.2) is 4.98 Å². The first-order valence-electron chi connectivity index (χ1n) is 7.48. The van der Waals surface area contributed by atoms with E-state index in [0.717, 1.165) is 15.7 Å². The highest BCUT2D eigenvalue weighted by atomic mass is 79.9. The topological polar surface area (TPSA) is 54.0 Å². The molecule has 1 amide bonds. The van der Waals surface area contributed by atoms with Crippen molar-refractivity contribution in [3.05, 3.63) is 82.5 Å². The maximum atomic E-state index is 12.6. The van der Waals surface area contributed by atoms with Crippen molar-refractivity contribution >= 4 is 39.0 Å². The van der Waals surface area contributed by atoms with Crippen molar-refractivity contribution in [2.75, 3.05) is 10.6 Å². The van der Waals surface area contributed by atoms with E-state index in [0.29, 0.717) is 17.1 Å². The molecule has 0 unspecified atom stereocenters. The van der Waals surface area contributed by atoms with Gasteiger partial charge in [0.1, 0.15) is 5.82 Å². The number of carbonyl (C=O) groups excluding carboxylic acids is 1. The minimum absolute atomic E-state index is 0.217. The number of aromatic nitrogens is 1. The largest absolute Gasteiger partial charge is 0.340 e. The lowest BCUT2D eigenvalue weighted by Crippen LogP contribution is -2.15. The van der Waals surface area contributed by atoms with Gasteiger partial charge in [-0.3, -0.25) is 4.79 Å². The second-order valence-corrected chi connectivity index (χ2v) is 6.18. The lowest BCUT2D eigenvalue weighted by Gasteiger charge is -2.12. The fourth-order valence-electron chi connectivity index (χ4n) is 2.30. The zero-order chi connectivity index (χ0) is 16.9. The Balaban J connectivity index is 1.86. The Morgan fingerprint density at radius 2 is 1.88 bits per heavy atom. The third-order valence-electron chi connectivity index (χ3n) is 3.46. The van der Waals surface area contributed by atoms with Gasteiger partial charge in [0.2, 0.25) is 0 Å². The van der Waals surface area contributed by atoms with Crippen molar-refractivity contribution in [2.24, 2.45) is 0 Å². The number of amides is 1. The number of benzene rings is 2. The number of carbonyl (C=O) groups is 1. The number of hydrogen-bond acceptors (Lipinski definition) is 3. The molecule has 0 spiro atoms. The van der Waals surface area contributed by atoms with Crippen molar-refractivity contribution in [3.8, 4) is 0 Å². The zero-order valence-electron chi connectivity index (χ0n) is 13.1. The van der Waals surface area contributed by atoms with E-state index in [1.54, 1.807) is 18.3 Å². The third-order valence-corrected chi connectivity index (χ3v) is 4.15. The normalized spacial score (nSPS) is 10.2. The summed E-state index contributed by atoms with van der Waals surface area (Å²) in [6.07, 6.45) is 1.66. The average molecular weight is 382 g/mol. The Morgan fingerprint density at radius 1 is 1.04 bits per heavy atom. The van der Waals surface area contributed by atoms with Crippen LogP contribution in [0.3, 0.4) is 0 Å². The summed E-state index contributed by atoms with van der Waals surface area (Å²) >= 11 is 3.43. The van der Waals surface area contributed by atoms with Crippen LogP contribution in [-0.2, 0) is 0 Å². The lowest BCUT2D eigenvalue weighted by molar-refractivity contribution is 0.102. The van der Waals surface area contributed by atoms with Crippen LogP contribution in [0.4, 0.5) is 17.2 Å². The minimum Gasteiger partial charge on any atom is -0.340 e. The van der Waals surface area contributed by atoms with Gasteiger partial charge in [0.25, 0.3) is 5.91 Å². The van der Waals surface area contributed by atoms with Gasteiger partial charge >= 0.3 is 0 Å². The molecule has 5 heteroatoms. The second-order valence-electron chi connectivity index (χ2n) is 5.33. The molecule has 4 nitrogen and oxygen atoms in total. The number of halogens is 1. The van der Waals surface area contributed by atoms with Crippen molar-refractivity contribution in [3.63, 3.8) is 0 Å². The molecule has 1 aromatic heterocycles. The number of rotatable bonds is 4. The molecule has 0 saturated heterocycles. The zero-order valence-corrected chi connectivity index (χ0v) is 14.7. The molecule has 3 rings (SSSR count). The molecule has 1 heterocycles. The number of anilines is 3. The van der Waals surface area contributed by atoms with Gasteiger partial charge in [0.15, 0.2) is 0 Å². The van der Waals surface area contributed by atoms with Crippen LogP contribution in [0.15, 0.2) is 71.3 Å². The number of para-hydroxylation sites is 1. The van der Waals surface area contributed by atoms with Crippen molar-refractivity contribution in [1.29, 1.82) is 0 Å². The van der Waals surface area contributed by atoms with E-state index < -0.39 is 0 Å². The number of nitrogens with zero attached hydrogens (tertiary/aromatic N) is 1. The van der Waals surface area contributed by atoms with E-state index in [-0.39, 0.29) is 5.91 Å². The van der Waals surface area contributed by atoms with Crippen LogP contribution in [0, 0.1) is 6.92 Å². The van der Waals surface area contributed by atoms with Crippen LogP contribution in [0.25, 0.3) is 0 Å². The summed E-state index contributed by atoms with van der Waals surface area (Å²) in [5, 5.41) is 6.11. The Hall–Kier alpha value is -2.66. The van der Waals surface area contributed by atoms with Crippen LogP contribution < -0.4 is 10.6 Å². The summed E-state index contributed by atoms with van der Waals surface area (Å²) in [5.41, 5.74) is 3.22. The maximum Gasteiger partial charge on any atom is 0.259 e. The molecule has 0 radical (unpaired) electrons. The van der Waals surface area contributed by atoms with E-state index in [4.69, 9.17) is 0 Å². The Labute approximate surface area is 149 Å². The highest BCUT2D eigenvalue weighted by Crippen LogP contribution is 2.24. The molecule has 0 fully saturated rings. The predicted octanol–water partition coefficient (Wildman–Crippen LogP) is 5.15. The van der Waals surface area contributed by atoms with Gasteiger partial charge in [-0.2, -0.15) is 0 Å². The van der Waals surface area contributed by atoms with Crippen LogP contribution >= 0.6 is 15.9 Å². The number of nitrogens with one attached hydrogen (secondary N) is 2. The van der Waals surface area contributed by atoms with Crippen molar-refractivity contribution in [2.45, 2.75) is 6.92 Å². The first-order chi connectivity index (χ1) is 11.6. The molecule has 0 atom stereocenters. The van der Waals surface area contributed by atoms with Crippen molar-refractivity contribution < 1.29 is 4.79 Å². The summed E-state index contributed by atoms with van der Waals surface area (Å²) in [4.78, 5) is 16.9. The monoisotopic (exact) mass is 381 g/mol. The van der Waals surface area contributed by atoms with Gasteiger partial charge in [-0.1, -0.05) is 24.3 Å². The van der Waals surface area contributed by atoms with Gasteiger partial charge in [-0.15, -0.1) is 0 Å². The molecule has 2 N–H and O–H groups in total. The quantitative estimate of drug-likeness (QED) is 0.656. The Bertz CT molecular complexity index is 880. The summed E-state index contributed by atoms with van der Waals surface area (Å²) in [5.74, 6) is 0.304. The minimum atomic E-state index is -0.217. The lowest BCUT2D eigenvalue weighted by atomic mass is 10.2. The molecule has 0 aliphatic heterocycles. The molecular weight excluding hydrogens is 366 g/mol. The smallest absolute Gasteiger partial charge is 0.259 e. The molecule has 0 saturated carbocycles. The molecule has 120 valence electrons. The summed E-state index contributed by atoms with van der Waals surface area (Å²) in [6, 6.07) is 18.9. The Kier molecular flexibility index (Phi) is 4.91. The fourth-order valence-corrected chi connectivity index (χ4v) is 2.68. The third kappa shape index (κ3) is 3.81. The van der Waals surface area contributed by atoms with Crippen LogP contribution in [0.1, 0.15) is 15.9 Å². The fraction of sp³-hybridized carbons (Fsp3) is 0.0526. The van der Waals surface area contributed by atoms with Crippen LogP contribution in [0.5, 0.6) is 0 Å². The first kappa shape index (κ1) is 16.2. The molecule has 0 bridgehead atoms. The van der Waals surface area contributed by atoms with Crippen molar-refractivity contribution in [1.82, 2.24) is 4.98 Å². The van der Waals surface area contributed by atoms with E-state index in [2.05, 4.69) is 31.5 Å². The van der Waals surface area contributed by atoms with E-state index >= 15 is 0 Å². The summed E-state index contributed by atoms with van der Waals surface area (Å²) in [7, 11) is 0. The molecule has 0 aliphatic rings. The predicted molar refractivity (Wildman–Crippen MR) is 101 cm³/mol. The SMILES string of the molecule is Cc1cccc(Nc2ncccc2C(=O)Nc2ccccc2Br)c1. The van der Waals surface area contributed by atoms with Gasteiger partial charge < -0.3 is 10.6 Å². The van der Waals surface area contributed by atoms with E-state index in [1.165, 1.54) is 0 Å². The second kappa shape index (κ2) is 7.27. The van der Waals surface area contributed by atoms with E-state index in [9.17, 15) is 4.79 Å². The van der Waals surface area contributed by atoms with Gasteiger partial charge in [0, 0.05) is 16.4 Å². The van der Waals surface area contributed by atoms with Crippen LogP contribution in [0.2, 0.25) is 0 Å². The molecule has 0 aliphatic carbocycles. The Morgan fingerprint density at radius 3 is 2.67 bits per heavy atom. The average Bonchev–Trinajstić information content (AvgIpc) is 2.57. The number of pyridine rings is 1. The first-order valence-corrected chi connectivity index (χ1v) is 8.27. The molecular formula is C19H16BrN3O. The van der Waals surface area contributed by atoms with Crippen LogP contribution in [-0.4, -0.2) is 10.9 Å². The summed E-state index contributed by atoms with van der Waals surface area (Å²) in [6.45, 7) is 2.02. The highest BCUT2D eigenvalue weighted by Gasteiger charge is 2.13. The van der Waals surface area contributed by atoms with Gasteiger partial charge in [0.05, 0.1) is 11.3 Å². The molecule has 2 aromatic carbocycles.